The predicted octanol–water partition coefficient (Wildman–Crippen LogP) is 0.341. The summed E-state index contributed by atoms with van der Waals surface area (Å²) in [7, 11) is -3.78. The standard InChI is InChI=1S/C11H12N4O3S/c1-8-10(13-7-12-8)11(16)14-15-19(17,18)9-5-3-2-4-6-9/h2-7,15H,1H3,(H,12,13)(H,14,16). The normalized spacial score (nSPS) is 11.2. The molecule has 0 radical (unpaired) electrons. The molecule has 2 rings (SSSR count). The molecule has 19 heavy (non-hydrogen) atoms. The molecule has 0 aliphatic rings. The highest BCUT2D eigenvalue weighted by Crippen LogP contribution is 2.06. The lowest BCUT2D eigenvalue weighted by molar-refractivity contribution is 0.0940. The molecule has 8 heteroatoms. The van der Waals surface area contributed by atoms with Crippen molar-refractivity contribution in [1.82, 2.24) is 20.2 Å². The lowest BCUT2D eigenvalue weighted by Gasteiger charge is -2.07. The van der Waals surface area contributed by atoms with Crippen molar-refractivity contribution in [3.05, 3.63) is 48.0 Å². The Balaban J connectivity index is 2.07. The zero-order valence-electron chi connectivity index (χ0n) is 10.0. The van der Waals surface area contributed by atoms with Gasteiger partial charge in [0, 0.05) is 5.69 Å². The summed E-state index contributed by atoms with van der Waals surface area (Å²) in [4.78, 5) is 20.3. The fourth-order valence-electron chi connectivity index (χ4n) is 1.42. The van der Waals surface area contributed by atoms with E-state index in [0.717, 1.165) is 0 Å². The van der Waals surface area contributed by atoms with E-state index in [-0.39, 0.29) is 10.6 Å². The van der Waals surface area contributed by atoms with Crippen LogP contribution in [0.3, 0.4) is 0 Å². The molecule has 0 aliphatic carbocycles. The van der Waals surface area contributed by atoms with Crippen LogP contribution in [0, 0.1) is 6.92 Å². The molecule has 100 valence electrons. The van der Waals surface area contributed by atoms with Crippen LogP contribution in [-0.2, 0) is 10.0 Å². The smallest absolute Gasteiger partial charge is 0.286 e. The zero-order chi connectivity index (χ0) is 13.9. The first-order chi connectivity index (χ1) is 9.00. The molecule has 2 aromatic rings. The van der Waals surface area contributed by atoms with Gasteiger partial charge in [-0.2, -0.15) is 0 Å². The number of aryl methyl sites for hydroxylation is 1. The molecule has 0 spiro atoms. The number of aromatic nitrogens is 2. The summed E-state index contributed by atoms with van der Waals surface area (Å²) >= 11 is 0. The Morgan fingerprint density at radius 2 is 1.95 bits per heavy atom. The molecule has 0 unspecified atom stereocenters. The number of nitrogens with one attached hydrogen (secondary N) is 3. The highest BCUT2D eigenvalue weighted by atomic mass is 32.2. The molecule has 0 bridgehead atoms. The number of sulfonamides is 1. The van der Waals surface area contributed by atoms with Gasteiger partial charge in [-0.25, -0.2) is 13.4 Å². The van der Waals surface area contributed by atoms with Crippen LogP contribution in [0.25, 0.3) is 0 Å². The molecular formula is C11H12N4O3S. The van der Waals surface area contributed by atoms with Crippen LogP contribution < -0.4 is 10.3 Å². The molecule has 1 aromatic heterocycles. The van der Waals surface area contributed by atoms with Crippen molar-refractivity contribution in [3.63, 3.8) is 0 Å². The number of rotatable bonds is 4. The summed E-state index contributed by atoms with van der Waals surface area (Å²) in [6.07, 6.45) is 1.36. The van der Waals surface area contributed by atoms with Crippen LogP contribution in [0.2, 0.25) is 0 Å². The number of carbonyl (C=O) groups is 1. The molecule has 1 amide bonds. The highest BCUT2D eigenvalue weighted by molar-refractivity contribution is 7.89. The van der Waals surface area contributed by atoms with E-state index in [0.29, 0.717) is 5.69 Å². The van der Waals surface area contributed by atoms with Crippen LogP contribution in [0.4, 0.5) is 0 Å². The Morgan fingerprint density at radius 1 is 1.26 bits per heavy atom. The van der Waals surface area contributed by atoms with Crippen molar-refractivity contribution in [2.45, 2.75) is 11.8 Å². The van der Waals surface area contributed by atoms with Crippen molar-refractivity contribution in [1.29, 1.82) is 0 Å². The van der Waals surface area contributed by atoms with Gasteiger partial charge in [0.05, 0.1) is 11.2 Å². The maximum Gasteiger partial charge on any atom is 0.286 e. The Labute approximate surface area is 110 Å². The second-order valence-corrected chi connectivity index (χ2v) is 5.43. The molecule has 0 fully saturated rings. The zero-order valence-corrected chi connectivity index (χ0v) is 10.9. The molecule has 1 heterocycles. The van der Waals surface area contributed by atoms with Gasteiger partial charge in [0.2, 0.25) is 0 Å². The topological polar surface area (TPSA) is 104 Å². The van der Waals surface area contributed by atoms with Gasteiger partial charge in [-0.3, -0.25) is 10.2 Å². The average Bonchev–Trinajstić information content (AvgIpc) is 2.83. The van der Waals surface area contributed by atoms with Crippen molar-refractivity contribution in [3.8, 4) is 0 Å². The first-order valence-corrected chi connectivity index (χ1v) is 6.86. The summed E-state index contributed by atoms with van der Waals surface area (Å²) in [5.41, 5.74) is 2.79. The lowest BCUT2D eigenvalue weighted by atomic mass is 10.3. The second kappa shape index (κ2) is 5.21. The van der Waals surface area contributed by atoms with Crippen LogP contribution in [0.1, 0.15) is 16.2 Å². The lowest BCUT2D eigenvalue weighted by Crippen LogP contribution is -2.41. The van der Waals surface area contributed by atoms with Gasteiger partial charge in [0.1, 0.15) is 5.69 Å². The maximum absolute atomic E-state index is 11.8. The summed E-state index contributed by atoms with van der Waals surface area (Å²) < 4.78 is 23.7. The van der Waals surface area contributed by atoms with Crippen molar-refractivity contribution in [2.75, 3.05) is 0 Å². The van der Waals surface area contributed by atoms with E-state index in [2.05, 4.69) is 15.4 Å². The third-order valence-corrected chi connectivity index (χ3v) is 3.66. The van der Waals surface area contributed by atoms with E-state index >= 15 is 0 Å². The SMILES string of the molecule is Cc1[nH]cnc1C(=O)NNS(=O)(=O)c1ccccc1. The molecule has 0 saturated heterocycles. The third kappa shape index (κ3) is 2.98. The summed E-state index contributed by atoms with van der Waals surface area (Å²) in [5.74, 6) is -0.627. The van der Waals surface area contributed by atoms with Gasteiger partial charge >= 0.3 is 0 Å². The molecule has 7 nitrogen and oxygen atoms in total. The largest absolute Gasteiger partial charge is 0.348 e. The summed E-state index contributed by atoms with van der Waals surface area (Å²) in [6.45, 7) is 1.66. The molecule has 0 atom stereocenters. The van der Waals surface area contributed by atoms with Crippen molar-refractivity contribution in [2.24, 2.45) is 0 Å². The Bertz CT molecular complexity index is 679. The quantitative estimate of drug-likeness (QED) is 0.702. The van der Waals surface area contributed by atoms with Gasteiger partial charge in [-0.1, -0.05) is 18.2 Å². The van der Waals surface area contributed by atoms with E-state index < -0.39 is 15.9 Å². The van der Waals surface area contributed by atoms with Crippen molar-refractivity contribution >= 4 is 15.9 Å². The first kappa shape index (κ1) is 13.2. The summed E-state index contributed by atoms with van der Waals surface area (Å²) in [5, 5.41) is 0. The number of hydrogen-bond acceptors (Lipinski definition) is 4. The minimum absolute atomic E-state index is 0.0639. The molecular weight excluding hydrogens is 268 g/mol. The number of aromatic amines is 1. The number of hydrogen-bond donors (Lipinski definition) is 3. The fourth-order valence-corrected chi connectivity index (χ4v) is 2.28. The first-order valence-electron chi connectivity index (χ1n) is 5.38. The van der Waals surface area contributed by atoms with E-state index in [1.54, 1.807) is 25.1 Å². The summed E-state index contributed by atoms with van der Waals surface area (Å²) in [6, 6.07) is 7.73. The monoisotopic (exact) mass is 280 g/mol. The Hall–Kier alpha value is -2.19. The molecule has 1 aromatic carbocycles. The number of hydrazine groups is 1. The van der Waals surface area contributed by atoms with E-state index in [4.69, 9.17) is 0 Å². The molecule has 0 saturated carbocycles. The van der Waals surface area contributed by atoms with Crippen molar-refractivity contribution < 1.29 is 13.2 Å². The maximum atomic E-state index is 11.8. The number of benzene rings is 1. The fraction of sp³-hybridized carbons (Fsp3) is 0.0909. The Kier molecular flexibility index (Phi) is 3.63. The number of H-pyrrole nitrogens is 1. The Morgan fingerprint density at radius 3 is 2.53 bits per heavy atom. The van der Waals surface area contributed by atoms with Gasteiger partial charge < -0.3 is 4.98 Å². The molecule has 0 aliphatic heterocycles. The van der Waals surface area contributed by atoms with Crippen LogP contribution in [0.5, 0.6) is 0 Å². The van der Waals surface area contributed by atoms with Gasteiger partial charge in [-0.05, 0) is 19.1 Å². The van der Waals surface area contributed by atoms with Gasteiger partial charge in [0.15, 0.2) is 0 Å². The van der Waals surface area contributed by atoms with Crippen LogP contribution >= 0.6 is 0 Å². The van der Waals surface area contributed by atoms with Gasteiger partial charge in [0.25, 0.3) is 15.9 Å². The number of amides is 1. The number of nitrogens with zero attached hydrogens (tertiary/aromatic N) is 1. The van der Waals surface area contributed by atoms with Gasteiger partial charge in [-0.15, -0.1) is 4.83 Å². The number of carbonyl (C=O) groups excluding carboxylic acids is 1. The third-order valence-electron chi connectivity index (χ3n) is 2.40. The average molecular weight is 280 g/mol. The number of imidazole rings is 1. The minimum atomic E-state index is -3.78. The highest BCUT2D eigenvalue weighted by Gasteiger charge is 2.17. The molecule has 3 N–H and O–H groups in total. The van der Waals surface area contributed by atoms with E-state index in [1.165, 1.54) is 18.5 Å². The van der Waals surface area contributed by atoms with Crippen LogP contribution in [0.15, 0.2) is 41.6 Å². The van der Waals surface area contributed by atoms with E-state index in [9.17, 15) is 13.2 Å². The predicted molar refractivity (Wildman–Crippen MR) is 67.6 cm³/mol. The van der Waals surface area contributed by atoms with Crippen LogP contribution in [-0.4, -0.2) is 24.3 Å². The minimum Gasteiger partial charge on any atom is -0.348 e. The second-order valence-electron chi connectivity index (χ2n) is 3.75. The van der Waals surface area contributed by atoms with E-state index in [1.807, 2.05) is 4.83 Å².